The Kier molecular flexibility index (Phi) is 11.2. The number of benzene rings is 1. The van der Waals surface area contributed by atoms with Gasteiger partial charge in [0.15, 0.2) is 17.2 Å². The van der Waals surface area contributed by atoms with Crippen LogP contribution in [0.25, 0.3) is 0 Å². The van der Waals surface area contributed by atoms with Crippen LogP contribution in [0.4, 0.5) is 4.39 Å². The average Bonchev–Trinajstić information content (AvgIpc) is 2.87. The summed E-state index contributed by atoms with van der Waals surface area (Å²) >= 11 is 0. The number of ether oxygens (including phenoxy) is 3. The molecule has 3 N–H and O–H groups in total. The molecule has 10 heteroatoms. The molecular formula is C25H33FN2O7. The van der Waals surface area contributed by atoms with E-state index in [0.29, 0.717) is 25.9 Å². The molecule has 3 rings (SSSR count). The summed E-state index contributed by atoms with van der Waals surface area (Å²) in [4.78, 5) is 28.8. The molecule has 0 aliphatic carbocycles. The van der Waals surface area contributed by atoms with Crippen molar-refractivity contribution < 1.29 is 38.4 Å². The Balaban J connectivity index is 0.000000456. The predicted molar refractivity (Wildman–Crippen MR) is 126 cm³/mol. The number of phenolic OH excluding ortho intramolecular Hbond substituents is 1. The molecule has 0 saturated carbocycles. The van der Waals surface area contributed by atoms with Crippen molar-refractivity contribution in [1.82, 2.24) is 10.3 Å². The monoisotopic (exact) mass is 492 g/mol. The van der Waals surface area contributed by atoms with Gasteiger partial charge in [0, 0.05) is 31.4 Å². The first-order valence-electron chi connectivity index (χ1n) is 11.5. The van der Waals surface area contributed by atoms with Gasteiger partial charge in [-0.2, -0.15) is 0 Å². The molecule has 3 atom stereocenters. The standard InChI is InChI=1S/C19H28N2O6.C6H5FO/c1-4-10-26-13-6-5-7-14(19(24)27-12(2)11-13)21-18(23)16-17(22)15(25-3)8-9-20-16;7-5-2-1-3-6(8)4-5/h8-9,12-14,22H,4-7,10-11H2,1-3H3,(H,21,23);1-4,8H/t12?,13?,14-;/m0./s1. The van der Waals surface area contributed by atoms with Crippen LogP contribution in [0, 0.1) is 5.82 Å². The van der Waals surface area contributed by atoms with E-state index < -0.39 is 23.7 Å². The molecule has 1 saturated heterocycles. The van der Waals surface area contributed by atoms with Crippen molar-refractivity contribution in [1.29, 1.82) is 0 Å². The highest BCUT2D eigenvalue weighted by Crippen LogP contribution is 2.27. The van der Waals surface area contributed by atoms with Crippen LogP contribution in [0.2, 0.25) is 0 Å². The number of phenols is 1. The van der Waals surface area contributed by atoms with Gasteiger partial charge in [-0.15, -0.1) is 0 Å². The fourth-order valence-electron chi connectivity index (χ4n) is 3.52. The predicted octanol–water partition coefficient (Wildman–Crippen LogP) is 3.73. The molecule has 1 aliphatic heterocycles. The first-order chi connectivity index (χ1) is 16.7. The number of halogens is 1. The summed E-state index contributed by atoms with van der Waals surface area (Å²) < 4.78 is 28.3. The fraction of sp³-hybridized carbons (Fsp3) is 0.480. The number of methoxy groups -OCH3 is 1. The lowest BCUT2D eigenvalue weighted by atomic mass is 10.0. The van der Waals surface area contributed by atoms with Crippen LogP contribution in [0.15, 0.2) is 36.5 Å². The van der Waals surface area contributed by atoms with Gasteiger partial charge in [0.05, 0.1) is 13.2 Å². The number of cyclic esters (lactones) is 1. The number of carbonyl (C=O) groups is 2. The van der Waals surface area contributed by atoms with Crippen LogP contribution >= 0.6 is 0 Å². The quantitative estimate of drug-likeness (QED) is 0.521. The number of hydrogen-bond donors (Lipinski definition) is 3. The van der Waals surface area contributed by atoms with E-state index in [4.69, 9.17) is 19.3 Å². The molecule has 0 spiro atoms. The van der Waals surface area contributed by atoms with E-state index in [1.807, 2.05) is 13.8 Å². The van der Waals surface area contributed by atoms with Gasteiger partial charge in [0.1, 0.15) is 23.7 Å². The third-order valence-electron chi connectivity index (χ3n) is 5.21. The molecule has 2 heterocycles. The summed E-state index contributed by atoms with van der Waals surface area (Å²) in [5.74, 6) is -1.82. The highest BCUT2D eigenvalue weighted by Gasteiger charge is 2.29. The van der Waals surface area contributed by atoms with E-state index in [9.17, 15) is 19.1 Å². The van der Waals surface area contributed by atoms with Crippen LogP contribution in [-0.4, -0.2) is 59.0 Å². The maximum Gasteiger partial charge on any atom is 0.328 e. The van der Waals surface area contributed by atoms with Crippen molar-refractivity contribution in [3.8, 4) is 17.2 Å². The van der Waals surface area contributed by atoms with Gasteiger partial charge in [0.2, 0.25) is 0 Å². The number of hydrogen-bond acceptors (Lipinski definition) is 8. The molecule has 1 aromatic heterocycles. The Morgan fingerprint density at radius 1 is 1.29 bits per heavy atom. The first kappa shape index (κ1) is 27.8. The molecule has 1 amide bonds. The van der Waals surface area contributed by atoms with E-state index in [0.717, 1.165) is 18.9 Å². The largest absolute Gasteiger partial charge is 0.508 e. The number of aromatic nitrogens is 1. The molecular weight excluding hydrogens is 459 g/mol. The lowest BCUT2D eigenvalue weighted by Gasteiger charge is -2.20. The number of rotatable bonds is 6. The highest BCUT2D eigenvalue weighted by atomic mass is 19.1. The summed E-state index contributed by atoms with van der Waals surface area (Å²) in [7, 11) is 1.38. The van der Waals surface area contributed by atoms with Crippen LogP contribution < -0.4 is 10.1 Å². The number of pyridine rings is 1. The zero-order chi connectivity index (χ0) is 25.8. The zero-order valence-electron chi connectivity index (χ0n) is 20.2. The van der Waals surface area contributed by atoms with Gasteiger partial charge >= 0.3 is 5.97 Å². The minimum atomic E-state index is -0.808. The number of esters is 1. The molecule has 0 bridgehead atoms. The van der Waals surface area contributed by atoms with Gasteiger partial charge in [-0.3, -0.25) is 4.79 Å². The Morgan fingerprint density at radius 3 is 2.69 bits per heavy atom. The minimum Gasteiger partial charge on any atom is -0.508 e. The lowest BCUT2D eigenvalue weighted by molar-refractivity contribution is -0.151. The Morgan fingerprint density at radius 2 is 2.06 bits per heavy atom. The number of aromatic hydroxyl groups is 2. The van der Waals surface area contributed by atoms with Crippen molar-refractivity contribution >= 4 is 11.9 Å². The average molecular weight is 493 g/mol. The number of nitrogens with zero attached hydrogens (tertiary/aromatic N) is 1. The second-order valence-electron chi connectivity index (χ2n) is 8.12. The van der Waals surface area contributed by atoms with Crippen LogP contribution in [0.1, 0.15) is 56.4 Å². The summed E-state index contributed by atoms with van der Waals surface area (Å²) in [5, 5.41) is 21.3. The SMILES string of the molecule is CCCOC1CCC[C@H](NC(=O)c2nccc(OC)c2O)C(=O)OC(C)C1.Oc1cccc(F)c1. The second kappa shape index (κ2) is 14.1. The Hall–Kier alpha value is -3.40. The zero-order valence-corrected chi connectivity index (χ0v) is 20.2. The van der Waals surface area contributed by atoms with Crippen molar-refractivity contribution in [3.63, 3.8) is 0 Å². The van der Waals surface area contributed by atoms with Crippen LogP contribution in [0.5, 0.6) is 17.2 Å². The van der Waals surface area contributed by atoms with E-state index in [-0.39, 0.29) is 35.2 Å². The molecule has 1 aliphatic rings. The number of carbonyl (C=O) groups excluding carboxylic acids is 2. The summed E-state index contributed by atoms with van der Waals surface area (Å²) in [5.41, 5.74) is -0.195. The Bertz CT molecular complexity index is 955. The molecule has 2 unspecified atom stereocenters. The smallest absolute Gasteiger partial charge is 0.328 e. The molecule has 0 radical (unpaired) electrons. The topological polar surface area (TPSA) is 127 Å². The van der Waals surface area contributed by atoms with Crippen LogP contribution in [-0.2, 0) is 14.3 Å². The molecule has 9 nitrogen and oxygen atoms in total. The molecule has 1 aromatic carbocycles. The van der Waals surface area contributed by atoms with Gasteiger partial charge in [-0.05, 0) is 44.7 Å². The van der Waals surface area contributed by atoms with E-state index >= 15 is 0 Å². The third-order valence-corrected chi connectivity index (χ3v) is 5.21. The lowest BCUT2D eigenvalue weighted by Crippen LogP contribution is -2.42. The maximum atomic E-state index is 12.5. The fourth-order valence-corrected chi connectivity index (χ4v) is 3.52. The van der Waals surface area contributed by atoms with Crippen molar-refractivity contribution in [2.24, 2.45) is 0 Å². The van der Waals surface area contributed by atoms with Crippen molar-refractivity contribution in [2.75, 3.05) is 13.7 Å². The molecule has 2 aromatic rings. The number of nitrogens with one attached hydrogen (secondary N) is 1. The molecule has 1 fully saturated rings. The second-order valence-corrected chi connectivity index (χ2v) is 8.12. The third kappa shape index (κ3) is 9.05. The van der Waals surface area contributed by atoms with E-state index in [2.05, 4.69) is 10.3 Å². The van der Waals surface area contributed by atoms with Crippen molar-refractivity contribution in [3.05, 3.63) is 48.0 Å². The van der Waals surface area contributed by atoms with Gasteiger partial charge in [-0.25, -0.2) is 14.2 Å². The summed E-state index contributed by atoms with van der Waals surface area (Å²) in [6.45, 7) is 4.54. The summed E-state index contributed by atoms with van der Waals surface area (Å²) in [6.07, 6.45) is 4.56. The van der Waals surface area contributed by atoms with Crippen LogP contribution in [0.3, 0.4) is 0 Å². The Labute approximate surface area is 204 Å². The maximum absolute atomic E-state index is 12.5. The summed E-state index contributed by atoms with van der Waals surface area (Å²) in [6, 6.07) is 5.84. The molecule has 35 heavy (non-hydrogen) atoms. The first-order valence-corrected chi connectivity index (χ1v) is 11.5. The normalized spacial score (nSPS) is 20.2. The van der Waals surface area contributed by atoms with Crippen molar-refractivity contribution in [2.45, 2.75) is 64.2 Å². The minimum absolute atomic E-state index is 0.0336. The van der Waals surface area contributed by atoms with Gasteiger partial charge in [0.25, 0.3) is 5.91 Å². The van der Waals surface area contributed by atoms with E-state index in [1.54, 1.807) is 0 Å². The van der Waals surface area contributed by atoms with Gasteiger partial charge < -0.3 is 29.7 Å². The number of amides is 1. The van der Waals surface area contributed by atoms with E-state index in [1.165, 1.54) is 37.6 Å². The van der Waals surface area contributed by atoms with Gasteiger partial charge in [-0.1, -0.05) is 13.0 Å². The molecule has 192 valence electrons. The highest BCUT2D eigenvalue weighted by molar-refractivity contribution is 5.97.